The van der Waals surface area contributed by atoms with Crippen LogP contribution in [0.5, 0.6) is 0 Å². The van der Waals surface area contributed by atoms with Crippen molar-refractivity contribution in [3.63, 3.8) is 0 Å². The van der Waals surface area contributed by atoms with Crippen LogP contribution in [0, 0.1) is 18.8 Å². The van der Waals surface area contributed by atoms with Crippen LogP contribution in [-0.4, -0.2) is 22.8 Å². The Balaban J connectivity index is 0.000000639. The SMILES string of the molecule is C#C.C/C=C1/C(=O)N2C(C(=O)[O-])=C3CCCC[C@@H]3C12.[Na+]. The van der Waals surface area contributed by atoms with Gasteiger partial charge < -0.3 is 9.90 Å². The topological polar surface area (TPSA) is 60.4 Å². The number of terminal acetylenes is 1. The van der Waals surface area contributed by atoms with E-state index in [9.17, 15) is 14.7 Å². The Hall–Kier alpha value is -1.02. The van der Waals surface area contributed by atoms with E-state index in [1.165, 1.54) is 4.90 Å². The molecule has 3 aliphatic rings. The molecule has 2 atom stereocenters. The Bertz CT molecular complexity index is 518. The first kappa shape index (κ1) is 17.0. The van der Waals surface area contributed by atoms with E-state index in [2.05, 4.69) is 12.8 Å². The van der Waals surface area contributed by atoms with E-state index in [1.54, 1.807) is 0 Å². The van der Waals surface area contributed by atoms with Crippen LogP contribution >= 0.6 is 0 Å². The van der Waals surface area contributed by atoms with Gasteiger partial charge in [0.15, 0.2) is 0 Å². The van der Waals surface area contributed by atoms with Crippen LogP contribution in [-0.2, 0) is 9.59 Å². The van der Waals surface area contributed by atoms with E-state index in [0.717, 1.165) is 36.8 Å². The molecule has 4 nitrogen and oxygen atoms in total. The monoisotopic (exact) mass is 281 g/mol. The van der Waals surface area contributed by atoms with Crippen LogP contribution < -0.4 is 34.7 Å². The second-order valence-electron chi connectivity index (χ2n) is 4.88. The van der Waals surface area contributed by atoms with Crippen molar-refractivity contribution in [2.45, 2.75) is 38.6 Å². The molecular formula is C15H16NNaO3. The summed E-state index contributed by atoms with van der Waals surface area (Å²) < 4.78 is 0. The molecule has 5 heteroatoms. The fourth-order valence-electron chi connectivity index (χ4n) is 3.46. The Kier molecular flexibility index (Phi) is 5.64. The van der Waals surface area contributed by atoms with E-state index in [-0.39, 0.29) is 53.1 Å². The molecule has 20 heavy (non-hydrogen) atoms. The van der Waals surface area contributed by atoms with Crippen LogP contribution in [0.1, 0.15) is 32.6 Å². The van der Waals surface area contributed by atoms with Gasteiger partial charge in [-0.1, -0.05) is 12.5 Å². The molecule has 1 saturated heterocycles. The molecule has 0 aromatic heterocycles. The molecule has 0 radical (unpaired) electrons. The molecule has 2 aliphatic heterocycles. The normalized spacial score (nSPS) is 28.6. The molecule has 0 aromatic carbocycles. The predicted octanol–water partition coefficient (Wildman–Crippen LogP) is -2.40. The molecule has 1 amide bonds. The maximum atomic E-state index is 11.9. The maximum Gasteiger partial charge on any atom is 1.00 e. The van der Waals surface area contributed by atoms with Crippen LogP contribution in [0.15, 0.2) is 22.9 Å². The number of hydrogen-bond acceptors (Lipinski definition) is 3. The van der Waals surface area contributed by atoms with Gasteiger partial charge in [0.25, 0.3) is 5.91 Å². The van der Waals surface area contributed by atoms with Gasteiger partial charge in [0.05, 0.1) is 17.7 Å². The zero-order valence-electron chi connectivity index (χ0n) is 11.9. The molecular weight excluding hydrogens is 265 g/mol. The minimum absolute atomic E-state index is 0. The van der Waals surface area contributed by atoms with Gasteiger partial charge in [-0.25, -0.2) is 0 Å². The van der Waals surface area contributed by atoms with E-state index in [0.29, 0.717) is 0 Å². The standard InChI is InChI=1S/C13H15NO3.C2H2.Na/c1-2-7-10-8-5-3-4-6-9(8)11(13(16)17)14(10)12(7)15;1-2;/h2,8,10H,3-6H2,1H3,(H,16,17);1-2H;/q;;+1/p-1/b7-2+;;/t8-,10?;;/m0../s1. The molecule has 2 fully saturated rings. The average molecular weight is 281 g/mol. The molecule has 0 aromatic rings. The molecule has 1 aliphatic carbocycles. The van der Waals surface area contributed by atoms with Crippen molar-refractivity contribution >= 4 is 11.9 Å². The van der Waals surface area contributed by atoms with Gasteiger partial charge in [0.1, 0.15) is 0 Å². The number of fused-ring (bicyclic) bond motifs is 3. The van der Waals surface area contributed by atoms with Gasteiger partial charge in [0, 0.05) is 11.5 Å². The van der Waals surface area contributed by atoms with Gasteiger partial charge in [-0.05, 0) is 31.8 Å². The first-order valence-corrected chi connectivity index (χ1v) is 6.44. The maximum absolute atomic E-state index is 11.9. The fraction of sp³-hybridized carbons (Fsp3) is 0.467. The molecule has 0 N–H and O–H groups in total. The van der Waals surface area contributed by atoms with Gasteiger partial charge in [0.2, 0.25) is 0 Å². The van der Waals surface area contributed by atoms with Crippen molar-refractivity contribution in [3.05, 3.63) is 22.9 Å². The number of carboxylic acids is 1. The molecule has 2 heterocycles. The number of carboxylic acid groups (broad SMARTS) is 1. The number of aliphatic carboxylic acids is 1. The van der Waals surface area contributed by atoms with Crippen LogP contribution in [0.3, 0.4) is 0 Å². The third kappa shape index (κ3) is 2.24. The molecule has 1 unspecified atom stereocenters. The Morgan fingerprint density at radius 1 is 1.40 bits per heavy atom. The van der Waals surface area contributed by atoms with Crippen molar-refractivity contribution in [3.8, 4) is 12.8 Å². The zero-order valence-corrected chi connectivity index (χ0v) is 13.9. The molecule has 3 rings (SSSR count). The third-order valence-corrected chi connectivity index (χ3v) is 4.15. The smallest absolute Gasteiger partial charge is 0.543 e. The van der Waals surface area contributed by atoms with E-state index < -0.39 is 5.97 Å². The van der Waals surface area contributed by atoms with E-state index >= 15 is 0 Å². The molecule has 0 spiro atoms. The summed E-state index contributed by atoms with van der Waals surface area (Å²) in [4.78, 5) is 24.5. The van der Waals surface area contributed by atoms with Gasteiger partial charge >= 0.3 is 29.6 Å². The minimum atomic E-state index is -1.20. The quantitative estimate of drug-likeness (QED) is 0.233. The Morgan fingerprint density at radius 2 is 2.05 bits per heavy atom. The number of carbonyl (C=O) groups is 2. The first-order chi connectivity index (χ1) is 9.16. The van der Waals surface area contributed by atoms with Crippen molar-refractivity contribution in [1.82, 2.24) is 4.90 Å². The summed E-state index contributed by atoms with van der Waals surface area (Å²) in [5, 5.41) is 11.2. The zero-order chi connectivity index (χ0) is 14.2. The number of carbonyl (C=O) groups excluding carboxylic acids is 2. The van der Waals surface area contributed by atoms with Crippen molar-refractivity contribution in [2.75, 3.05) is 0 Å². The summed E-state index contributed by atoms with van der Waals surface area (Å²) in [5.74, 6) is -1.13. The van der Waals surface area contributed by atoms with Crippen molar-refractivity contribution in [2.24, 2.45) is 5.92 Å². The van der Waals surface area contributed by atoms with Crippen LogP contribution in [0.4, 0.5) is 0 Å². The summed E-state index contributed by atoms with van der Waals surface area (Å²) in [6, 6.07) is -0.0179. The Labute approximate surface area is 141 Å². The van der Waals surface area contributed by atoms with E-state index in [1.807, 2.05) is 13.0 Å². The first-order valence-electron chi connectivity index (χ1n) is 6.44. The van der Waals surface area contributed by atoms with Crippen molar-refractivity contribution in [1.29, 1.82) is 0 Å². The Morgan fingerprint density at radius 3 is 2.60 bits per heavy atom. The van der Waals surface area contributed by atoms with Crippen LogP contribution in [0.2, 0.25) is 0 Å². The summed E-state index contributed by atoms with van der Waals surface area (Å²) in [5.41, 5.74) is 1.87. The van der Waals surface area contributed by atoms with Gasteiger partial charge in [-0.3, -0.25) is 9.69 Å². The number of β-lactam (4-membered cyclic amide) rings is 1. The number of rotatable bonds is 1. The van der Waals surface area contributed by atoms with E-state index in [4.69, 9.17) is 0 Å². The summed E-state index contributed by atoms with van der Waals surface area (Å²) in [6.07, 6.45) is 13.7. The molecule has 100 valence electrons. The number of allylic oxidation sites excluding steroid dienone is 1. The number of amides is 1. The van der Waals surface area contributed by atoms with Crippen LogP contribution in [0.25, 0.3) is 0 Å². The summed E-state index contributed by atoms with van der Waals surface area (Å²) in [6.45, 7) is 1.84. The second-order valence-corrected chi connectivity index (χ2v) is 4.88. The second kappa shape index (κ2) is 6.62. The van der Waals surface area contributed by atoms with Crippen molar-refractivity contribution < 1.29 is 44.3 Å². The van der Waals surface area contributed by atoms with Gasteiger partial charge in [-0.2, -0.15) is 0 Å². The van der Waals surface area contributed by atoms with Gasteiger partial charge in [-0.15, -0.1) is 12.8 Å². The number of nitrogens with zero attached hydrogens (tertiary/aromatic N) is 1. The summed E-state index contributed by atoms with van der Waals surface area (Å²) >= 11 is 0. The fourth-order valence-corrected chi connectivity index (χ4v) is 3.46. The molecule has 0 bridgehead atoms. The largest absolute Gasteiger partial charge is 1.00 e. The number of hydrogen-bond donors (Lipinski definition) is 0. The average Bonchev–Trinajstić information content (AvgIpc) is 2.73. The summed E-state index contributed by atoms with van der Waals surface area (Å²) in [7, 11) is 0. The molecule has 1 saturated carbocycles. The third-order valence-electron chi connectivity index (χ3n) is 4.15. The predicted molar refractivity (Wildman–Crippen MR) is 68.3 cm³/mol. The minimum Gasteiger partial charge on any atom is -0.543 e.